The van der Waals surface area contributed by atoms with E-state index in [0.29, 0.717) is 10.9 Å². The van der Waals surface area contributed by atoms with Gasteiger partial charge in [-0.25, -0.2) is 8.42 Å². The van der Waals surface area contributed by atoms with Crippen molar-refractivity contribution < 1.29 is 8.42 Å². The van der Waals surface area contributed by atoms with E-state index in [2.05, 4.69) is 0 Å². The quantitative estimate of drug-likeness (QED) is 0.618. The summed E-state index contributed by atoms with van der Waals surface area (Å²) in [5.41, 5.74) is 0. The van der Waals surface area contributed by atoms with Crippen LogP contribution in [0.2, 0.25) is 19.1 Å². The summed E-state index contributed by atoms with van der Waals surface area (Å²) in [5.74, 6) is 0.153. The number of sulfone groups is 1. The second-order valence-corrected chi connectivity index (χ2v) is 13.2. The van der Waals surface area contributed by atoms with Gasteiger partial charge in [0, 0.05) is 0 Å². The minimum absolute atomic E-state index is 0.153. The highest BCUT2D eigenvalue weighted by Crippen LogP contribution is 2.18. The zero-order valence-corrected chi connectivity index (χ0v) is 11.5. The first-order chi connectivity index (χ1) is 6.81. The predicted octanol–water partition coefficient (Wildman–Crippen LogP) is 2.90. The van der Waals surface area contributed by atoms with Gasteiger partial charge in [-0.15, -0.1) is 0 Å². The van der Waals surface area contributed by atoms with Gasteiger partial charge in [0.25, 0.3) is 0 Å². The molecule has 1 aromatic rings. The third-order valence-corrected chi connectivity index (χ3v) is 6.17. The lowest BCUT2D eigenvalue weighted by atomic mass is 10.4. The van der Waals surface area contributed by atoms with Gasteiger partial charge in [-0.2, -0.15) is 11.1 Å². The molecule has 0 bridgehead atoms. The lowest BCUT2D eigenvalue weighted by molar-refractivity contribution is 0.597. The molecular weight excluding hydrogens is 248 g/mol. The minimum atomic E-state index is -3.14. The van der Waals surface area contributed by atoms with Crippen LogP contribution in [0.3, 0.4) is 0 Å². The summed E-state index contributed by atoms with van der Waals surface area (Å²) in [7, 11) is -4.95. The molecule has 0 N–H and O–H groups in total. The van der Waals surface area contributed by atoms with E-state index < -0.39 is 17.2 Å². The number of rotatable bonds is 4. The topological polar surface area (TPSA) is 34.1 Å². The molecule has 0 aliphatic rings. The average molecular weight is 263 g/mol. The third kappa shape index (κ3) is 4.36. The van der Waals surface area contributed by atoms with Crippen molar-refractivity contribution in [2.75, 3.05) is 5.75 Å². The molecule has 2 nitrogen and oxygen atoms in total. The number of halogens is 1. The molecule has 0 saturated heterocycles. The Morgan fingerprint density at radius 3 is 2.20 bits per heavy atom. The van der Waals surface area contributed by atoms with Gasteiger partial charge in [-0.1, -0.05) is 31.3 Å². The van der Waals surface area contributed by atoms with Gasteiger partial charge in [0.1, 0.15) is 0 Å². The van der Waals surface area contributed by atoms with Crippen LogP contribution in [0.4, 0.5) is 0 Å². The standard InChI is InChI=1S/C10H15ClO2SSi/c1-15(2,11)9-8-14(12,13)10-6-4-3-5-7-10/h3-7H,8-9H2,1-2H3. The average Bonchev–Trinajstić information content (AvgIpc) is 2.16. The predicted molar refractivity (Wildman–Crippen MR) is 66.6 cm³/mol. The third-order valence-electron chi connectivity index (χ3n) is 2.07. The minimum Gasteiger partial charge on any atom is -0.224 e. The van der Waals surface area contributed by atoms with E-state index in [1.165, 1.54) is 0 Å². The van der Waals surface area contributed by atoms with Crippen molar-refractivity contribution in [3.63, 3.8) is 0 Å². The zero-order chi connectivity index (χ0) is 11.5. The van der Waals surface area contributed by atoms with Crippen molar-refractivity contribution in [1.82, 2.24) is 0 Å². The fourth-order valence-electron chi connectivity index (χ4n) is 1.12. The Morgan fingerprint density at radius 2 is 1.73 bits per heavy atom. The molecule has 5 heteroatoms. The Morgan fingerprint density at radius 1 is 1.20 bits per heavy atom. The molecule has 0 aromatic heterocycles. The monoisotopic (exact) mass is 262 g/mol. The first-order valence-electron chi connectivity index (χ1n) is 4.78. The van der Waals surface area contributed by atoms with Crippen LogP contribution in [-0.4, -0.2) is 21.6 Å². The summed E-state index contributed by atoms with van der Waals surface area (Å²) in [6.07, 6.45) is 0. The summed E-state index contributed by atoms with van der Waals surface area (Å²) in [6.45, 7) is 3.91. The highest BCUT2D eigenvalue weighted by atomic mass is 35.6. The van der Waals surface area contributed by atoms with E-state index in [0.717, 1.165) is 0 Å². The SMILES string of the molecule is C[Si](C)(Cl)CCS(=O)(=O)c1ccccc1. The fraction of sp³-hybridized carbons (Fsp3) is 0.400. The summed E-state index contributed by atoms with van der Waals surface area (Å²) >= 11 is 6.10. The molecule has 1 aromatic carbocycles. The van der Waals surface area contributed by atoms with Crippen molar-refractivity contribution in [2.24, 2.45) is 0 Å². The summed E-state index contributed by atoms with van der Waals surface area (Å²) < 4.78 is 23.7. The Hall–Kier alpha value is -0.323. The van der Waals surface area contributed by atoms with Crippen LogP contribution in [-0.2, 0) is 9.84 Å². The van der Waals surface area contributed by atoms with E-state index in [1.54, 1.807) is 30.3 Å². The van der Waals surface area contributed by atoms with Gasteiger partial charge in [0.15, 0.2) is 17.2 Å². The number of hydrogen-bond donors (Lipinski definition) is 0. The molecule has 0 aliphatic heterocycles. The largest absolute Gasteiger partial charge is 0.224 e. The van der Waals surface area contributed by atoms with Gasteiger partial charge in [0.05, 0.1) is 10.6 Å². The number of hydrogen-bond acceptors (Lipinski definition) is 2. The van der Waals surface area contributed by atoms with Crippen molar-refractivity contribution in [3.8, 4) is 0 Å². The van der Waals surface area contributed by atoms with Gasteiger partial charge in [-0.3, -0.25) is 0 Å². The Balaban J connectivity index is 2.78. The van der Waals surface area contributed by atoms with Gasteiger partial charge < -0.3 is 0 Å². The van der Waals surface area contributed by atoms with Gasteiger partial charge in [-0.05, 0) is 18.2 Å². The lowest BCUT2D eigenvalue weighted by Crippen LogP contribution is -2.21. The molecular formula is C10H15ClO2SSi. The molecule has 0 amide bonds. The molecule has 0 heterocycles. The zero-order valence-electron chi connectivity index (χ0n) is 8.90. The van der Waals surface area contributed by atoms with Crippen LogP contribution in [0.15, 0.2) is 35.2 Å². The molecule has 0 saturated carbocycles. The molecule has 0 unspecified atom stereocenters. The first-order valence-corrected chi connectivity index (χ1v) is 10.7. The van der Waals surface area contributed by atoms with Crippen LogP contribution < -0.4 is 0 Å². The highest BCUT2D eigenvalue weighted by Gasteiger charge is 2.22. The van der Waals surface area contributed by atoms with E-state index in [1.807, 2.05) is 13.1 Å². The smallest absolute Gasteiger partial charge is 0.178 e. The second kappa shape index (κ2) is 4.68. The van der Waals surface area contributed by atoms with E-state index in [-0.39, 0.29) is 5.75 Å². The van der Waals surface area contributed by atoms with Crippen LogP contribution >= 0.6 is 11.1 Å². The lowest BCUT2D eigenvalue weighted by Gasteiger charge is -2.12. The van der Waals surface area contributed by atoms with Crippen LogP contribution in [0.1, 0.15) is 0 Å². The summed E-state index contributed by atoms with van der Waals surface area (Å²) in [4.78, 5) is 0.389. The molecule has 0 atom stereocenters. The molecule has 84 valence electrons. The molecule has 0 aliphatic carbocycles. The summed E-state index contributed by atoms with van der Waals surface area (Å²) in [5, 5.41) is 0. The van der Waals surface area contributed by atoms with Crippen molar-refractivity contribution in [3.05, 3.63) is 30.3 Å². The van der Waals surface area contributed by atoms with Crippen molar-refractivity contribution in [2.45, 2.75) is 24.0 Å². The summed E-state index contributed by atoms with van der Waals surface area (Å²) in [6, 6.07) is 9.10. The van der Waals surface area contributed by atoms with E-state index >= 15 is 0 Å². The fourth-order valence-corrected chi connectivity index (χ4v) is 5.64. The highest BCUT2D eigenvalue weighted by molar-refractivity contribution is 7.91. The van der Waals surface area contributed by atoms with E-state index in [9.17, 15) is 8.42 Å². The van der Waals surface area contributed by atoms with Crippen molar-refractivity contribution >= 4 is 28.3 Å². The van der Waals surface area contributed by atoms with Crippen LogP contribution in [0.5, 0.6) is 0 Å². The van der Waals surface area contributed by atoms with Gasteiger partial charge in [0.2, 0.25) is 0 Å². The number of benzene rings is 1. The normalized spacial score (nSPS) is 12.7. The molecule has 0 radical (unpaired) electrons. The van der Waals surface area contributed by atoms with E-state index in [4.69, 9.17) is 11.1 Å². The maximum absolute atomic E-state index is 11.8. The molecule has 15 heavy (non-hydrogen) atoms. The molecule has 1 rings (SSSR count). The van der Waals surface area contributed by atoms with Crippen molar-refractivity contribution in [1.29, 1.82) is 0 Å². The first kappa shape index (κ1) is 12.7. The van der Waals surface area contributed by atoms with Crippen LogP contribution in [0, 0.1) is 0 Å². The second-order valence-electron chi connectivity index (χ2n) is 4.10. The van der Waals surface area contributed by atoms with Crippen LogP contribution in [0.25, 0.3) is 0 Å². The maximum Gasteiger partial charge on any atom is 0.178 e. The Bertz CT molecular complexity index is 409. The Kier molecular flexibility index (Phi) is 3.97. The molecule has 0 fully saturated rings. The molecule has 0 spiro atoms. The Labute approximate surface area is 96.9 Å². The van der Waals surface area contributed by atoms with Gasteiger partial charge >= 0.3 is 0 Å². The maximum atomic E-state index is 11.8.